The lowest BCUT2D eigenvalue weighted by Gasteiger charge is -2.18. The van der Waals surface area contributed by atoms with Crippen LogP contribution in [-0.4, -0.2) is 37.2 Å². The molecule has 0 amide bonds. The SMILES string of the molecule is CC\C=C/C=C\C=C/C=C\C=C\C=C/CCCCCC(=O)OC(COC(=O)CCCCC/C=C\C=C/CCCCCCCCC)COC(=O)CCCCCCC\C=C/C=C\C=C/CCCCCCC. The van der Waals surface area contributed by atoms with Crippen LogP contribution in [0.25, 0.3) is 0 Å². The van der Waals surface area contributed by atoms with Crippen LogP contribution in [0.3, 0.4) is 0 Å². The van der Waals surface area contributed by atoms with Gasteiger partial charge in [0, 0.05) is 19.3 Å². The first-order valence-corrected chi connectivity index (χ1v) is 27.8. The zero-order chi connectivity index (χ0) is 50.0. The fourth-order valence-electron chi connectivity index (χ4n) is 7.17. The molecular weight excluding hydrogens is 853 g/mol. The molecule has 0 aromatic heterocycles. The number of allylic oxidation sites excluding steroid dienone is 22. The van der Waals surface area contributed by atoms with Gasteiger partial charge in [-0.25, -0.2) is 0 Å². The van der Waals surface area contributed by atoms with Crippen molar-refractivity contribution in [2.45, 2.75) is 232 Å². The topological polar surface area (TPSA) is 78.9 Å². The van der Waals surface area contributed by atoms with E-state index < -0.39 is 6.10 Å². The standard InChI is InChI=1S/C63H100O6/c1-4-7-10-13-16-19-22-25-28-31-33-35-38-41-44-47-50-53-56-62(65)68-59-60(58-67-61(64)55-52-49-46-43-40-37-34-30-27-24-21-18-15-12-9-6-3)69-63(66)57-54-51-48-45-42-39-36-32-29-26-23-20-17-14-11-8-5-2/h8,11,14,17,20,22-23,25-26,28-37,39-40,42,60H,4-7,9-10,12-13,15-16,18-19,21,24,27,38,41,43-59H2,1-3H3/b11-8-,17-14-,23-20-,25-22-,29-26-,31-28-,34-30-,35-33-,36-32+,40-37-,42-39-. The van der Waals surface area contributed by atoms with E-state index in [4.69, 9.17) is 14.2 Å². The van der Waals surface area contributed by atoms with Crippen LogP contribution >= 0.6 is 0 Å². The quantitative estimate of drug-likeness (QED) is 0.0262. The lowest BCUT2D eigenvalue weighted by molar-refractivity contribution is -0.167. The molecule has 0 aliphatic carbocycles. The second-order valence-electron chi connectivity index (χ2n) is 18.0. The Balaban J connectivity index is 4.59. The highest BCUT2D eigenvalue weighted by atomic mass is 16.6. The van der Waals surface area contributed by atoms with E-state index in [1.807, 2.05) is 60.8 Å². The van der Waals surface area contributed by atoms with Gasteiger partial charge >= 0.3 is 17.9 Å². The minimum Gasteiger partial charge on any atom is -0.462 e. The van der Waals surface area contributed by atoms with Gasteiger partial charge in [-0.05, 0) is 89.9 Å². The summed E-state index contributed by atoms with van der Waals surface area (Å²) in [7, 11) is 0. The van der Waals surface area contributed by atoms with Gasteiger partial charge in [0.15, 0.2) is 6.10 Å². The van der Waals surface area contributed by atoms with Gasteiger partial charge in [0.2, 0.25) is 0 Å². The average molecular weight is 953 g/mol. The Morgan fingerprint density at radius 3 is 0.913 bits per heavy atom. The first kappa shape index (κ1) is 64.5. The van der Waals surface area contributed by atoms with Gasteiger partial charge in [0.1, 0.15) is 13.2 Å². The van der Waals surface area contributed by atoms with E-state index in [-0.39, 0.29) is 37.5 Å². The van der Waals surface area contributed by atoms with E-state index in [1.54, 1.807) is 0 Å². The van der Waals surface area contributed by atoms with E-state index in [0.717, 1.165) is 103 Å². The molecule has 0 saturated heterocycles. The number of esters is 3. The monoisotopic (exact) mass is 953 g/mol. The van der Waals surface area contributed by atoms with Crippen LogP contribution in [0.2, 0.25) is 0 Å². The van der Waals surface area contributed by atoms with Gasteiger partial charge in [-0.3, -0.25) is 14.4 Å². The summed E-state index contributed by atoms with van der Waals surface area (Å²) in [6, 6.07) is 0. The maximum Gasteiger partial charge on any atom is 0.306 e. The van der Waals surface area contributed by atoms with E-state index >= 15 is 0 Å². The largest absolute Gasteiger partial charge is 0.462 e. The third-order valence-corrected chi connectivity index (χ3v) is 11.4. The Kier molecular flexibility index (Phi) is 52.5. The normalized spacial score (nSPS) is 13.1. The van der Waals surface area contributed by atoms with Crippen molar-refractivity contribution in [1.29, 1.82) is 0 Å². The fraction of sp³-hybridized carbons (Fsp3) is 0.603. The van der Waals surface area contributed by atoms with E-state index in [9.17, 15) is 14.4 Å². The van der Waals surface area contributed by atoms with Gasteiger partial charge in [-0.1, -0.05) is 251 Å². The second-order valence-corrected chi connectivity index (χ2v) is 18.0. The molecule has 0 N–H and O–H groups in total. The molecule has 0 rings (SSSR count). The van der Waals surface area contributed by atoms with Gasteiger partial charge in [-0.2, -0.15) is 0 Å². The van der Waals surface area contributed by atoms with Crippen molar-refractivity contribution in [2.24, 2.45) is 0 Å². The third kappa shape index (κ3) is 54.4. The van der Waals surface area contributed by atoms with Crippen LogP contribution in [0.15, 0.2) is 134 Å². The maximum absolute atomic E-state index is 12.8. The Labute approximate surface area is 424 Å². The molecule has 388 valence electrons. The summed E-state index contributed by atoms with van der Waals surface area (Å²) in [4.78, 5) is 38.1. The highest BCUT2D eigenvalue weighted by Crippen LogP contribution is 2.13. The van der Waals surface area contributed by atoms with Crippen molar-refractivity contribution in [3.63, 3.8) is 0 Å². The fourth-order valence-corrected chi connectivity index (χ4v) is 7.17. The molecule has 0 aromatic carbocycles. The van der Waals surface area contributed by atoms with Crippen LogP contribution in [0.5, 0.6) is 0 Å². The smallest absolute Gasteiger partial charge is 0.306 e. The Bertz CT molecular complexity index is 1510. The molecule has 0 aromatic rings. The number of carbonyl (C=O) groups excluding carboxylic acids is 3. The summed E-state index contributed by atoms with van der Waals surface area (Å²) in [6.45, 7) is 6.38. The third-order valence-electron chi connectivity index (χ3n) is 11.4. The van der Waals surface area contributed by atoms with Crippen LogP contribution < -0.4 is 0 Å². The number of rotatable bonds is 48. The molecule has 0 radical (unpaired) electrons. The number of ether oxygens (including phenoxy) is 3. The Morgan fingerprint density at radius 1 is 0.304 bits per heavy atom. The highest BCUT2D eigenvalue weighted by molar-refractivity contribution is 5.71. The molecular formula is C63H100O6. The first-order chi connectivity index (χ1) is 34.0. The minimum absolute atomic E-state index is 0.120. The summed E-state index contributed by atoms with van der Waals surface area (Å²) in [6.07, 6.45) is 78.6. The van der Waals surface area contributed by atoms with Gasteiger partial charge in [0.05, 0.1) is 0 Å². The molecule has 69 heavy (non-hydrogen) atoms. The Morgan fingerprint density at radius 2 is 0.565 bits per heavy atom. The summed E-state index contributed by atoms with van der Waals surface area (Å²) in [5.41, 5.74) is 0. The van der Waals surface area contributed by atoms with Crippen molar-refractivity contribution in [3.05, 3.63) is 134 Å². The Hall–Kier alpha value is -4.45. The lowest BCUT2D eigenvalue weighted by Crippen LogP contribution is -2.30. The molecule has 0 spiro atoms. The predicted molar refractivity (Wildman–Crippen MR) is 297 cm³/mol. The number of carbonyl (C=O) groups is 3. The summed E-state index contributed by atoms with van der Waals surface area (Å²) in [5, 5.41) is 0. The molecule has 0 heterocycles. The van der Waals surface area contributed by atoms with Crippen molar-refractivity contribution in [1.82, 2.24) is 0 Å². The molecule has 0 aliphatic heterocycles. The van der Waals surface area contributed by atoms with Crippen LogP contribution in [-0.2, 0) is 28.6 Å². The summed E-state index contributed by atoms with van der Waals surface area (Å²) < 4.78 is 16.8. The van der Waals surface area contributed by atoms with E-state index in [1.165, 1.54) is 77.0 Å². The zero-order valence-corrected chi connectivity index (χ0v) is 44.3. The number of unbranched alkanes of at least 4 members (excludes halogenated alkanes) is 23. The summed E-state index contributed by atoms with van der Waals surface area (Å²) in [5.74, 6) is -1.01. The minimum atomic E-state index is -0.827. The van der Waals surface area contributed by atoms with Crippen molar-refractivity contribution < 1.29 is 28.6 Å². The molecule has 0 saturated carbocycles. The van der Waals surface area contributed by atoms with Crippen LogP contribution in [0.1, 0.15) is 226 Å². The molecule has 0 fully saturated rings. The van der Waals surface area contributed by atoms with E-state index in [0.29, 0.717) is 19.3 Å². The van der Waals surface area contributed by atoms with Crippen LogP contribution in [0.4, 0.5) is 0 Å². The molecule has 6 nitrogen and oxygen atoms in total. The van der Waals surface area contributed by atoms with Crippen LogP contribution in [0, 0.1) is 0 Å². The molecule has 0 bridgehead atoms. The van der Waals surface area contributed by atoms with Gasteiger partial charge in [0.25, 0.3) is 0 Å². The maximum atomic E-state index is 12.8. The average Bonchev–Trinajstić information content (AvgIpc) is 3.35. The predicted octanol–water partition coefficient (Wildman–Crippen LogP) is 18.6. The van der Waals surface area contributed by atoms with E-state index in [2.05, 4.69) is 93.7 Å². The van der Waals surface area contributed by atoms with Crippen molar-refractivity contribution >= 4 is 17.9 Å². The first-order valence-electron chi connectivity index (χ1n) is 27.8. The van der Waals surface area contributed by atoms with Crippen molar-refractivity contribution in [3.8, 4) is 0 Å². The highest BCUT2D eigenvalue weighted by Gasteiger charge is 2.19. The lowest BCUT2D eigenvalue weighted by atomic mass is 10.1. The van der Waals surface area contributed by atoms with Gasteiger partial charge < -0.3 is 14.2 Å². The zero-order valence-electron chi connectivity index (χ0n) is 44.3. The summed E-state index contributed by atoms with van der Waals surface area (Å²) >= 11 is 0. The molecule has 1 atom stereocenters. The van der Waals surface area contributed by atoms with Gasteiger partial charge in [-0.15, -0.1) is 0 Å². The molecule has 1 unspecified atom stereocenters. The van der Waals surface area contributed by atoms with Crippen molar-refractivity contribution in [2.75, 3.05) is 13.2 Å². The molecule has 6 heteroatoms. The number of hydrogen-bond acceptors (Lipinski definition) is 6. The number of hydrogen-bond donors (Lipinski definition) is 0. The molecule has 0 aliphatic rings. The second kappa shape index (κ2) is 56.1.